The van der Waals surface area contributed by atoms with Crippen LogP contribution in [0.25, 0.3) is 5.76 Å². The van der Waals surface area contributed by atoms with Gasteiger partial charge in [0.2, 0.25) is 0 Å². The van der Waals surface area contributed by atoms with Crippen molar-refractivity contribution in [3.05, 3.63) is 59.3 Å². The Morgan fingerprint density at radius 3 is 2.69 bits per heavy atom. The van der Waals surface area contributed by atoms with E-state index < -0.39 is 29.3 Å². The fourth-order valence-corrected chi connectivity index (χ4v) is 4.15. The zero-order valence-corrected chi connectivity index (χ0v) is 17.8. The Kier molecular flexibility index (Phi) is 6.57. The molecule has 8 nitrogen and oxygen atoms in total. The first-order chi connectivity index (χ1) is 15.5. The van der Waals surface area contributed by atoms with Gasteiger partial charge in [0.25, 0.3) is 11.7 Å². The van der Waals surface area contributed by atoms with Crippen molar-refractivity contribution in [3.63, 3.8) is 0 Å². The molecule has 0 saturated carbocycles. The van der Waals surface area contributed by atoms with E-state index in [1.807, 2.05) is 0 Å². The third-order valence-electron chi connectivity index (χ3n) is 5.75. The average Bonchev–Trinajstić information content (AvgIpc) is 3.42. The summed E-state index contributed by atoms with van der Waals surface area (Å²) in [7, 11) is 1.37. The smallest absolute Gasteiger partial charge is 0.295 e. The van der Waals surface area contributed by atoms with Crippen molar-refractivity contribution in [2.24, 2.45) is 0 Å². The molecule has 2 aliphatic heterocycles. The number of morpholine rings is 1. The van der Waals surface area contributed by atoms with Crippen molar-refractivity contribution < 1.29 is 33.0 Å². The standard InChI is InChI=1S/C23H25FN2O6/c1-30-17-6-5-15(24)14-16(17)21(27)19-20(18-4-2-11-32-18)26(23(29)22(19)28)8-3-7-25-9-12-31-13-10-25/h2,4-6,11,14,20,27H,3,7-10,12-13H2,1H3/t20-/m1/s1. The molecule has 0 spiro atoms. The van der Waals surface area contributed by atoms with E-state index in [2.05, 4.69) is 4.90 Å². The van der Waals surface area contributed by atoms with Crippen LogP contribution in [0.5, 0.6) is 5.75 Å². The highest BCUT2D eigenvalue weighted by Gasteiger charge is 2.47. The average molecular weight is 444 g/mol. The first-order valence-electron chi connectivity index (χ1n) is 10.5. The molecule has 4 rings (SSSR count). The summed E-state index contributed by atoms with van der Waals surface area (Å²) < 4.78 is 30.0. The predicted octanol–water partition coefficient (Wildman–Crippen LogP) is 2.57. The maximum absolute atomic E-state index is 13.9. The van der Waals surface area contributed by atoms with Gasteiger partial charge in [0.05, 0.1) is 37.7 Å². The third kappa shape index (κ3) is 4.26. The molecule has 2 aromatic rings. The maximum Gasteiger partial charge on any atom is 0.295 e. The maximum atomic E-state index is 13.9. The molecule has 0 aliphatic carbocycles. The van der Waals surface area contributed by atoms with E-state index in [1.54, 1.807) is 12.1 Å². The Labute approximate surface area is 184 Å². The van der Waals surface area contributed by atoms with Gasteiger partial charge in [-0.05, 0) is 36.8 Å². The van der Waals surface area contributed by atoms with Crippen LogP contribution in [-0.4, -0.2) is 73.1 Å². The van der Waals surface area contributed by atoms with Crippen LogP contribution in [0, 0.1) is 5.82 Å². The number of nitrogens with zero attached hydrogens (tertiary/aromatic N) is 2. The molecular formula is C23H25FN2O6. The molecule has 2 fully saturated rings. The van der Waals surface area contributed by atoms with Crippen LogP contribution in [0.15, 0.2) is 46.6 Å². The predicted molar refractivity (Wildman–Crippen MR) is 113 cm³/mol. The van der Waals surface area contributed by atoms with Crippen molar-refractivity contribution in [2.45, 2.75) is 12.5 Å². The molecule has 1 N–H and O–H groups in total. The summed E-state index contributed by atoms with van der Waals surface area (Å²) in [5, 5.41) is 11.0. The summed E-state index contributed by atoms with van der Waals surface area (Å²) in [6, 6.07) is 5.98. The number of aliphatic hydroxyl groups is 1. The van der Waals surface area contributed by atoms with Crippen LogP contribution in [0.1, 0.15) is 23.8 Å². The van der Waals surface area contributed by atoms with Gasteiger partial charge in [0, 0.05) is 26.2 Å². The number of likely N-dealkylation sites (tertiary alicyclic amines) is 1. The van der Waals surface area contributed by atoms with Gasteiger partial charge in [-0.3, -0.25) is 14.5 Å². The molecule has 2 aliphatic rings. The van der Waals surface area contributed by atoms with Crippen LogP contribution >= 0.6 is 0 Å². The second-order valence-electron chi connectivity index (χ2n) is 7.66. The molecule has 1 aromatic carbocycles. The Morgan fingerprint density at radius 1 is 1.22 bits per heavy atom. The highest BCUT2D eigenvalue weighted by molar-refractivity contribution is 6.46. The van der Waals surface area contributed by atoms with Gasteiger partial charge in [-0.2, -0.15) is 0 Å². The minimum atomic E-state index is -0.914. The summed E-state index contributed by atoms with van der Waals surface area (Å²) in [6.45, 7) is 4.03. The second kappa shape index (κ2) is 9.54. The number of furan rings is 1. The summed E-state index contributed by atoms with van der Waals surface area (Å²) >= 11 is 0. The molecule has 0 bridgehead atoms. The minimum Gasteiger partial charge on any atom is -0.507 e. The number of halogens is 1. The molecule has 1 atom stereocenters. The Balaban J connectivity index is 1.67. The molecule has 1 amide bonds. The molecule has 9 heteroatoms. The number of hydrogen-bond donors (Lipinski definition) is 1. The molecule has 1 aromatic heterocycles. The number of aliphatic hydroxyl groups excluding tert-OH is 1. The lowest BCUT2D eigenvalue weighted by molar-refractivity contribution is -0.140. The topological polar surface area (TPSA) is 92.5 Å². The number of hydrogen-bond acceptors (Lipinski definition) is 7. The zero-order chi connectivity index (χ0) is 22.7. The summed E-state index contributed by atoms with van der Waals surface area (Å²) in [5.74, 6) is -2.17. The fraction of sp³-hybridized carbons (Fsp3) is 0.391. The number of amides is 1. The van der Waals surface area contributed by atoms with Crippen LogP contribution in [-0.2, 0) is 14.3 Å². The molecule has 0 radical (unpaired) electrons. The van der Waals surface area contributed by atoms with Gasteiger partial charge in [-0.25, -0.2) is 4.39 Å². The zero-order valence-electron chi connectivity index (χ0n) is 17.8. The molecule has 0 unspecified atom stereocenters. The van der Waals surface area contributed by atoms with Crippen LogP contribution in [0.2, 0.25) is 0 Å². The summed E-state index contributed by atoms with van der Waals surface area (Å²) in [6.07, 6.45) is 2.07. The first kappa shape index (κ1) is 22.0. The van der Waals surface area contributed by atoms with Crippen LogP contribution in [0.4, 0.5) is 4.39 Å². The highest BCUT2D eigenvalue weighted by Crippen LogP contribution is 2.41. The number of carbonyl (C=O) groups excluding carboxylic acids is 2. The van der Waals surface area contributed by atoms with Gasteiger partial charge in [-0.1, -0.05) is 0 Å². The van der Waals surface area contributed by atoms with Crippen molar-refractivity contribution >= 4 is 17.4 Å². The number of carbonyl (C=O) groups is 2. The van der Waals surface area contributed by atoms with Crippen molar-refractivity contribution in [1.29, 1.82) is 0 Å². The first-order valence-corrected chi connectivity index (χ1v) is 10.5. The Bertz CT molecular complexity index is 1010. The highest BCUT2D eigenvalue weighted by atomic mass is 19.1. The normalized spacial score (nSPS) is 21.3. The van der Waals surface area contributed by atoms with Gasteiger partial charge in [0.15, 0.2) is 0 Å². The molecule has 2 saturated heterocycles. The van der Waals surface area contributed by atoms with Gasteiger partial charge in [-0.15, -0.1) is 0 Å². The van der Waals surface area contributed by atoms with E-state index >= 15 is 0 Å². The minimum absolute atomic E-state index is 0.00428. The SMILES string of the molecule is COc1ccc(F)cc1C(O)=C1C(=O)C(=O)N(CCCN2CCOCC2)[C@@H]1c1ccco1. The fourth-order valence-electron chi connectivity index (χ4n) is 4.15. The van der Waals surface area contributed by atoms with E-state index in [0.29, 0.717) is 31.9 Å². The third-order valence-corrected chi connectivity index (χ3v) is 5.75. The van der Waals surface area contributed by atoms with Crippen LogP contribution in [0.3, 0.4) is 0 Å². The van der Waals surface area contributed by atoms with E-state index in [1.165, 1.54) is 30.4 Å². The van der Waals surface area contributed by atoms with E-state index in [9.17, 15) is 19.1 Å². The van der Waals surface area contributed by atoms with Crippen molar-refractivity contribution in [1.82, 2.24) is 9.80 Å². The van der Waals surface area contributed by atoms with Crippen molar-refractivity contribution in [2.75, 3.05) is 46.5 Å². The van der Waals surface area contributed by atoms with E-state index in [-0.39, 0.29) is 16.9 Å². The number of rotatable bonds is 7. The lowest BCUT2D eigenvalue weighted by atomic mass is 9.98. The largest absolute Gasteiger partial charge is 0.507 e. The number of ketones is 1. The summed E-state index contributed by atoms with van der Waals surface area (Å²) in [5.41, 5.74) is -0.157. The molecular weight excluding hydrogens is 419 g/mol. The van der Waals surface area contributed by atoms with Crippen molar-refractivity contribution in [3.8, 4) is 5.75 Å². The number of Topliss-reactive ketones (excluding diaryl/α,β-unsaturated/α-hetero) is 1. The number of ether oxygens (including phenoxy) is 2. The second-order valence-corrected chi connectivity index (χ2v) is 7.66. The number of benzene rings is 1. The quantitative estimate of drug-likeness (QED) is 0.399. The molecule has 170 valence electrons. The molecule has 32 heavy (non-hydrogen) atoms. The van der Waals surface area contributed by atoms with Crippen LogP contribution < -0.4 is 4.74 Å². The Morgan fingerprint density at radius 2 is 2.00 bits per heavy atom. The van der Waals surface area contributed by atoms with E-state index in [4.69, 9.17) is 13.9 Å². The lowest BCUT2D eigenvalue weighted by Gasteiger charge is -2.28. The van der Waals surface area contributed by atoms with Gasteiger partial charge >= 0.3 is 0 Å². The lowest BCUT2D eigenvalue weighted by Crippen LogP contribution is -2.38. The Hall–Kier alpha value is -3.17. The van der Waals surface area contributed by atoms with Gasteiger partial charge in [0.1, 0.15) is 29.1 Å². The monoisotopic (exact) mass is 444 g/mol. The number of methoxy groups -OCH3 is 1. The van der Waals surface area contributed by atoms with E-state index in [0.717, 1.165) is 25.7 Å². The summed E-state index contributed by atoms with van der Waals surface area (Å²) in [4.78, 5) is 29.5. The van der Waals surface area contributed by atoms with Gasteiger partial charge < -0.3 is 23.9 Å². The molecule has 3 heterocycles.